The fourth-order valence-corrected chi connectivity index (χ4v) is 2.79. The lowest BCUT2D eigenvalue weighted by molar-refractivity contribution is -0.136. The van der Waals surface area contributed by atoms with Crippen molar-refractivity contribution in [3.05, 3.63) is 35.9 Å². The van der Waals surface area contributed by atoms with Crippen LogP contribution in [0.2, 0.25) is 0 Å². The quantitative estimate of drug-likeness (QED) is 0.877. The van der Waals surface area contributed by atoms with Gasteiger partial charge in [0.2, 0.25) is 5.91 Å². The van der Waals surface area contributed by atoms with E-state index in [2.05, 4.69) is 10.6 Å². The molecule has 0 aromatic heterocycles. The zero-order chi connectivity index (χ0) is 14.4. The van der Waals surface area contributed by atoms with Crippen LogP contribution in [-0.4, -0.2) is 32.7 Å². The van der Waals surface area contributed by atoms with Gasteiger partial charge in [-0.25, -0.2) is 0 Å². The molecular formula is C16H25ClN2O2. The molecule has 1 aromatic rings. The standard InChI is InChI=1S/C16H24N2O2.ClH/c1-13(14-6-4-3-5-7-14)18-15(19)16(12-20-2)8-10-17-11-9-16;/h3-7,13,17H,8-12H2,1-2H3,(H,18,19);1H/t13-;/m1./s1. The summed E-state index contributed by atoms with van der Waals surface area (Å²) in [4.78, 5) is 12.7. The Bertz CT molecular complexity index is 428. The van der Waals surface area contributed by atoms with Gasteiger partial charge in [-0.05, 0) is 38.4 Å². The molecule has 118 valence electrons. The monoisotopic (exact) mass is 312 g/mol. The van der Waals surface area contributed by atoms with Crippen molar-refractivity contribution in [1.82, 2.24) is 10.6 Å². The lowest BCUT2D eigenvalue weighted by Gasteiger charge is -2.36. The fourth-order valence-electron chi connectivity index (χ4n) is 2.79. The highest BCUT2D eigenvalue weighted by Crippen LogP contribution is 2.30. The van der Waals surface area contributed by atoms with E-state index in [4.69, 9.17) is 4.74 Å². The van der Waals surface area contributed by atoms with Gasteiger partial charge in [0.25, 0.3) is 0 Å². The van der Waals surface area contributed by atoms with E-state index >= 15 is 0 Å². The molecule has 1 aromatic carbocycles. The Morgan fingerprint density at radius 2 is 1.95 bits per heavy atom. The largest absolute Gasteiger partial charge is 0.384 e. The predicted molar refractivity (Wildman–Crippen MR) is 86.7 cm³/mol. The van der Waals surface area contributed by atoms with Crippen LogP contribution in [-0.2, 0) is 9.53 Å². The van der Waals surface area contributed by atoms with Gasteiger partial charge in [-0.2, -0.15) is 0 Å². The van der Waals surface area contributed by atoms with E-state index < -0.39 is 0 Å². The second kappa shape index (κ2) is 8.37. The molecule has 0 spiro atoms. The number of nitrogens with one attached hydrogen (secondary N) is 2. The Labute approximate surface area is 133 Å². The summed E-state index contributed by atoms with van der Waals surface area (Å²) in [6.07, 6.45) is 1.66. The van der Waals surface area contributed by atoms with Crippen molar-refractivity contribution >= 4 is 18.3 Å². The fraction of sp³-hybridized carbons (Fsp3) is 0.562. The topological polar surface area (TPSA) is 50.4 Å². The van der Waals surface area contributed by atoms with Gasteiger partial charge in [-0.1, -0.05) is 30.3 Å². The van der Waals surface area contributed by atoms with Gasteiger partial charge in [0.15, 0.2) is 0 Å². The zero-order valence-electron chi connectivity index (χ0n) is 12.7. The molecule has 0 radical (unpaired) electrons. The number of hydrogen-bond acceptors (Lipinski definition) is 3. The van der Waals surface area contributed by atoms with Crippen LogP contribution in [0.3, 0.4) is 0 Å². The maximum atomic E-state index is 12.7. The van der Waals surface area contributed by atoms with E-state index in [0.717, 1.165) is 31.5 Å². The van der Waals surface area contributed by atoms with Crippen molar-refractivity contribution in [2.45, 2.75) is 25.8 Å². The first kappa shape index (κ1) is 18.0. The number of halogens is 1. The molecule has 5 heteroatoms. The highest BCUT2D eigenvalue weighted by Gasteiger charge is 2.40. The highest BCUT2D eigenvalue weighted by molar-refractivity contribution is 5.85. The molecule has 4 nitrogen and oxygen atoms in total. The van der Waals surface area contributed by atoms with Crippen molar-refractivity contribution < 1.29 is 9.53 Å². The number of carbonyl (C=O) groups is 1. The number of amides is 1. The Kier molecular flexibility index (Phi) is 7.15. The zero-order valence-corrected chi connectivity index (χ0v) is 13.5. The van der Waals surface area contributed by atoms with Gasteiger partial charge in [0.05, 0.1) is 18.1 Å². The number of rotatable bonds is 5. The van der Waals surface area contributed by atoms with Gasteiger partial charge in [-0.3, -0.25) is 4.79 Å². The number of carbonyl (C=O) groups excluding carboxylic acids is 1. The minimum atomic E-state index is -0.386. The first-order valence-electron chi connectivity index (χ1n) is 7.23. The minimum Gasteiger partial charge on any atom is -0.384 e. The highest BCUT2D eigenvalue weighted by atomic mass is 35.5. The molecule has 0 aliphatic carbocycles. The summed E-state index contributed by atoms with van der Waals surface area (Å²) in [5, 5.41) is 6.45. The molecule has 2 rings (SSSR count). The third kappa shape index (κ3) is 4.43. The van der Waals surface area contributed by atoms with Crippen molar-refractivity contribution in [1.29, 1.82) is 0 Å². The van der Waals surface area contributed by atoms with Crippen LogP contribution >= 0.6 is 12.4 Å². The summed E-state index contributed by atoms with van der Waals surface area (Å²) >= 11 is 0. The van der Waals surface area contributed by atoms with Crippen LogP contribution in [0.1, 0.15) is 31.4 Å². The van der Waals surface area contributed by atoms with Crippen LogP contribution in [0.5, 0.6) is 0 Å². The number of methoxy groups -OCH3 is 1. The maximum Gasteiger partial charge on any atom is 0.229 e. The van der Waals surface area contributed by atoms with E-state index in [1.54, 1.807) is 7.11 Å². The maximum absolute atomic E-state index is 12.7. The van der Waals surface area contributed by atoms with E-state index in [9.17, 15) is 4.79 Å². The van der Waals surface area contributed by atoms with Crippen molar-refractivity contribution in [2.24, 2.45) is 5.41 Å². The van der Waals surface area contributed by atoms with Crippen LogP contribution in [0.25, 0.3) is 0 Å². The van der Waals surface area contributed by atoms with Gasteiger partial charge in [-0.15, -0.1) is 12.4 Å². The van der Waals surface area contributed by atoms with Crippen molar-refractivity contribution in [2.75, 3.05) is 26.8 Å². The predicted octanol–water partition coefficient (Wildman–Crippen LogP) is 2.30. The number of ether oxygens (including phenoxy) is 1. The van der Waals surface area contributed by atoms with Crippen LogP contribution < -0.4 is 10.6 Å². The molecule has 0 bridgehead atoms. The van der Waals surface area contributed by atoms with Gasteiger partial charge >= 0.3 is 0 Å². The summed E-state index contributed by atoms with van der Waals surface area (Å²) < 4.78 is 5.30. The summed E-state index contributed by atoms with van der Waals surface area (Å²) in [5.74, 6) is 0.109. The molecule has 1 atom stereocenters. The summed E-state index contributed by atoms with van der Waals surface area (Å²) in [7, 11) is 1.66. The van der Waals surface area contributed by atoms with Gasteiger partial charge in [0.1, 0.15) is 0 Å². The minimum absolute atomic E-state index is 0. The van der Waals surface area contributed by atoms with E-state index in [1.807, 2.05) is 37.3 Å². The molecule has 1 heterocycles. The Morgan fingerprint density at radius 3 is 2.52 bits per heavy atom. The van der Waals surface area contributed by atoms with E-state index in [-0.39, 0.29) is 29.8 Å². The molecule has 1 fully saturated rings. The SMILES string of the molecule is COCC1(C(=O)N[C@H](C)c2ccccc2)CCNCC1.Cl. The van der Waals surface area contributed by atoms with Gasteiger partial charge in [0, 0.05) is 7.11 Å². The molecule has 1 aliphatic heterocycles. The second-order valence-corrected chi connectivity index (χ2v) is 5.57. The van der Waals surface area contributed by atoms with E-state index in [0.29, 0.717) is 6.61 Å². The van der Waals surface area contributed by atoms with Crippen LogP contribution in [0.15, 0.2) is 30.3 Å². The lowest BCUT2D eigenvalue weighted by atomic mass is 9.78. The molecule has 2 N–H and O–H groups in total. The van der Waals surface area contributed by atoms with E-state index in [1.165, 1.54) is 0 Å². The Balaban J connectivity index is 0.00000220. The van der Waals surface area contributed by atoms with Crippen LogP contribution in [0.4, 0.5) is 0 Å². The number of benzene rings is 1. The average Bonchev–Trinajstić information content (AvgIpc) is 2.49. The Morgan fingerprint density at radius 1 is 1.33 bits per heavy atom. The smallest absolute Gasteiger partial charge is 0.229 e. The summed E-state index contributed by atoms with van der Waals surface area (Å²) in [6.45, 7) is 4.25. The molecule has 0 unspecified atom stereocenters. The number of piperidine rings is 1. The molecule has 1 aliphatic rings. The van der Waals surface area contributed by atoms with Crippen molar-refractivity contribution in [3.8, 4) is 0 Å². The molecule has 0 saturated carbocycles. The molecule has 1 amide bonds. The van der Waals surface area contributed by atoms with Crippen molar-refractivity contribution in [3.63, 3.8) is 0 Å². The third-order valence-corrected chi connectivity index (χ3v) is 4.11. The summed E-state index contributed by atoms with van der Waals surface area (Å²) in [6, 6.07) is 10.1. The molecular weight excluding hydrogens is 288 g/mol. The first-order chi connectivity index (χ1) is 9.68. The first-order valence-corrected chi connectivity index (χ1v) is 7.23. The molecule has 21 heavy (non-hydrogen) atoms. The summed E-state index contributed by atoms with van der Waals surface area (Å²) in [5.41, 5.74) is 0.741. The second-order valence-electron chi connectivity index (χ2n) is 5.57. The lowest BCUT2D eigenvalue weighted by Crippen LogP contribution is -2.50. The van der Waals surface area contributed by atoms with Crippen LogP contribution in [0, 0.1) is 5.41 Å². The van der Waals surface area contributed by atoms with Gasteiger partial charge < -0.3 is 15.4 Å². The number of hydrogen-bond donors (Lipinski definition) is 2. The normalized spacial score (nSPS) is 18.4. The average molecular weight is 313 g/mol. The Hall–Kier alpha value is -1.10. The third-order valence-electron chi connectivity index (χ3n) is 4.11. The molecule has 1 saturated heterocycles.